The number of sulfone groups is 1. The van der Waals surface area contributed by atoms with Crippen molar-refractivity contribution in [1.82, 2.24) is 5.32 Å². The van der Waals surface area contributed by atoms with E-state index in [1.807, 2.05) is 0 Å². The van der Waals surface area contributed by atoms with E-state index in [-0.39, 0.29) is 6.04 Å². The maximum atomic E-state index is 10.7. The molecule has 4 heteroatoms. The van der Waals surface area contributed by atoms with Gasteiger partial charge >= 0.3 is 0 Å². The van der Waals surface area contributed by atoms with Crippen molar-refractivity contribution >= 4 is 9.84 Å². The smallest absolute Gasteiger partial charge is 0.153 e. The van der Waals surface area contributed by atoms with Gasteiger partial charge in [-0.15, -0.1) is 0 Å². The predicted octanol–water partition coefficient (Wildman–Crippen LogP) is -0.465. The molecule has 2 aliphatic rings. The van der Waals surface area contributed by atoms with Gasteiger partial charge in [-0.05, 0) is 12.8 Å². The molecule has 0 aromatic carbocycles. The number of hydrogen-bond donors (Lipinski definition) is 1. The van der Waals surface area contributed by atoms with Crippen molar-refractivity contribution in [2.45, 2.75) is 24.9 Å². The minimum atomic E-state index is -2.61. The molecule has 58 valence electrons. The molecule has 0 spiro atoms. The van der Waals surface area contributed by atoms with Crippen molar-refractivity contribution in [1.29, 1.82) is 0 Å². The van der Waals surface area contributed by atoms with Crippen molar-refractivity contribution in [2.24, 2.45) is 0 Å². The van der Waals surface area contributed by atoms with Crippen molar-refractivity contribution in [2.75, 3.05) is 11.5 Å². The van der Waals surface area contributed by atoms with Crippen LogP contribution in [0.1, 0.15) is 12.8 Å². The van der Waals surface area contributed by atoms with Crippen LogP contribution in [0.5, 0.6) is 0 Å². The highest BCUT2D eigenvalue weighted by Crippen LogP contribution is 2.22. The first-order valence-corrected chi connectivity index (χ1v) is 5.44. The van der Waals surface area contributed by atoms with E-state index in [0.717, 1.165) is 0 Å². The molecule has 0 unspecified atom stereocenters. The lowest BCUT2D eigenvalue weighted by atomic mass is 10.3. The first-order chi connectivity index (χ1) is 4.66. The van der Waals surface area contributed by atoms with Crippen molar-refractivity contribution in [3.63, 3.8) is 0 Å². The summed E-state index contributed by atoms with van der Waals surface area (Å²) in [5.74, 6) is 0.729. The normalized spacial score (nSPS) is 31.6. The molecule has 0 aromatic rings. The van der Waals surface area contributed by atoms with Crippen LogP contribution in [0, 0.1) is 0 Å². The van der Waals surface area contributed by atoms with Gasteiger partial charge in [0.1, 0.15) is 0 Å². The average molecular weight is 161 g/mol. The average Bonchev–Trinajstić information content (AvgIpc) is 2.44. The zero-order chi connectivity index (χ0) is 7.19. The molecule has 1 saturated heterocycles. The van der Waals surface area contributed by atoms with E-state index in [9.17, 15) is 8.42 Å². The monoisotopic (exact) mass is 161 g/mol. The number of nitrogens with one attached hydrogen (secondary N) is 1. The van der Waals surface area contributed by atoms with Gasteiger partial charge in [-0.25, -0.2) is 8.42 Å². The minimum absolute atomic E-state index is 0.275. The summed E-state index contributed by atoms with van der Waals surface area (Å²) in [7, 11) is -2.61. The molecule has 0 amide bonds. The van der Waals surface area contributed by atoms with Crippen molar-refractivity contribution in [3.05, 3.63) is 0 Å². The topological polar surface area (TPSA) is 46.2 Å². The standard InChI is InChI=1S/C6H11NO2S/c8-10(9)3-6(4-10)7-5-1-2-5/h5-7H,1-4H2. The maximum absolute atomic E-state index is 10.7. The summed E-state index contributed by atoms with van der Waals surface area (Å²) in [5.41, 5.74) is 0. The van der Waals surface area contributed by atoms with E-state index >= 15 is 0 Å². The van der Waals surface area contributed by atoms with Crippen LogP contribution >= 0.6 is 0 Å². The molecule has 3 nitrogen and oxygen atoms in total. The van der Waals surface area contributed by atoms with Crippen LogP contribution in [-0.4, -0.2) is 32.0 Å². The van der Waals surface area contributed by atoms with E-state index in [1.165, 1.54) is 12.8 Å². The first kappa shape index (κ1) is 6.61. The molecule has 1 aliphatic carbocycles. The van der Waals surface area contributed by atoms with Crippen LogP contribution in [0.15, 0.2) is 0 Å². The lowest BCUT2D eigenvalue weighted by Gasteiger charge is -2.26. The van der Waals surface area contributed by atoms with Gasteiger partial charge in [0.15, 0.2) is 9.84 Å². The van der Waals surface area contributed by atoms with Gasteiger partial charge in [-0.2, -0.15) is 0 Å². The third-order valence-electron chi connectivity index (χ3n) is 1.96. The fourth-order valence-electron chi connectivity index (χ4n) is 1.24. The maximum Gasteiger partial charge on any atom is 0.153 e. The molecule has 10 heavy (non-hydrogen) atoms. The first-order valence-electron chi connectivity index (χ1n) is 3.62. The number of rotatable bonds is 2. The second-order valence-electron chi connectivity index (χ2n) is 3.21. The van der Waals surface area contributed by atoms with E-state index in [0.29, 0.717) is 17.5 Å². The van der Waals surface area contributed by atoms with Crippen LogP contribution in [0.4, 0.5) is 0 Å². The van der Waals surface area contributed by atoms with Crippen LogP contribution in [0.3, 0.4) is 0 Å². The highest BCUT2D eigenvalue weighted by atomic mass is 32.2. The quantitative estimate of drug-likeness (QED) is 0.596. The Labute approximate surface area is 60.7 Å². The zero-order valence-electron chi connectivity index (χ0n) is 5.71. The zero-order valence-corrected chi connectivity index (χ0v) is 6.52. The summed E-state index contributed by atoms with van der Waals surface area (Å²) in [5, 5.41) is 3.27. The molecular weight excluding hydrogens is 150 g/mol. The Morgan fingerprint density at radius 3 is 2.10 bits per heavy atom. The highest BCUT2D eigenvalue weighted by Gasteiger charge is 2.36. The van der Waals surface area contributed by atoms with Crippen molar-refractivity contribution in [3.8, 4) is 0 Å². The molecule has 1 saturated carbocycles. The molecule has 1 heterocycles. The number of hydrogen-bond acceptors (Lipinski definition) is 3. The second-order valence-corrected chi connectivity index (χ2v) is 5.37. The van der Waals surface area contributed by atoms with Gasteiger partial charge in [-0.3, -0.25) is 0 Å². The van der Waals surface area contributed by atoms with Crippen LogP contribution in [-0.2, 0) is 9.84 Å². The largest absolute Gasteiger partial charge is 0.309 e. The highest BCUT2D eigenvalue weighted by molar-refractivity contribution is 7.92. The van der Waals surface area contributed by atoms with Gasteiger partial charge < -0.3 is 5.32 Å². The van der Waals surface area contributed by atoms with Gasteiger partial charge in [0.25, 0.3) is 0 Å². The van der Waals surface area contributed by atoms with E-state index in [1.54, 1.807) is 0 Å². The molecule has 0 atom stereocenters. The van der Waals surface area contributed by atoms with Crippen molar-refractivity contribution < 1.29 is 8.42 Å². The Bertz CT molecular complexity index is 218. The summed E-state index contributed by atoms with van der Waals surface area (Å²) in [4.78, 5) is 0. The summed E-state index contributed by atoms with van der Waals surface area (Å²) < 4.78 is 21.3. The molecule has 2 rings (SSSR count). The third kappa shape index (κ3) is 1.32. The Kier molecular flexibility index (Phi) is 1.29. The molecular formula is C6H11NO2S. The van der Waals surface area contributed by atoms with Gasteiger partial charge in [0.2, 0.25) is 0 Å². The molecule has 0 aromatic heterocycles. The molecule has 0 bridgehead atoms. The van der Waals surface area contributed by atoms with Crippen LogP contribution < -0.4 is 5.32 Å². The lowest BCUT2D eigenvalue weighted by molar-refractivity contribution is 0.510. The van der Waals surface area contributed by atoms with Gasteiger partial charge in [0, 0.05) is 12.1 Å². The summed E-state index contributed by atoms with van der Waals surface area (Å²) >= 11 is 0. The summed E-state index contributed by atoms with van der Waals surface area (Å²) in [6.07, 6.45) is 2.47. The van der Waals surface area contributed by atoms with E-state index < -0.39 is 9.84 Å². The SMILES string of the molecule is O=S1(=O)CC(NC2CC2)C1. The predicted molar refractivity (Wildman–Crippen MR) is 38.6 cm³/mol. The third-order valence-corrected chi connectivity index (χ3v) is 3.78. The van der Waals surface area contributed by atoms with E-state index in [2.05, 4.69) is 5.32 Å². The molecule has 1 N–H and O–H groups in total. The fraction of sp³-hybridized carbons (Fsp3) is 1.00. The minimum Gasteiger partial charge on any atom is -0.309 e. The fourth-order valence-corrected chi connectivity index (χ4v) is 2.56. The second kappa shape index (κ2) is 1.95. The Hall–Kier alpha value is -0.0900. The molecule has 0 radical (unpaired) electrons. The Morgan fingerprint density at radius 2 is 1.70 bits per heavy atom. The molecule has 1 aliphatic heterocycles. The van der Waals surface area contributed by atoms with E-state index in [4.69, 9.17) is 0 Å². The van der Waals surface area contributed by atoms with Gasteiger partial charge in [-0.1, -0.05) is 0 Å². The van der Waals surface area contributed by atoms with Gasteiger partial charge in [0.05, 0.1) is 11.5 Å². The summed E-state index contributed by atoms with van der Waals surface area (Å²) in [6, 6.07) is 0.915. The molecule has 2 fully saturated rings. The Balaban J connectivity index is 1.79. The summed E-state index contributed by atoms with van der Waals surface area (Å²) in [6.45, 7) is 0. The Morgan fingerprint density at radius 1 is 1.10 bits per heavy atom. The van der Waals surface area contributed by atoms with Crippen LogP contribution in [0.2, 0.25) is 0 Å². The van der Waals surface area contributed by atoms with Crippen LogP contribution in [0.25, 0.3) is 0 Å². The lowest BCUT2D eigenvalue weighted by Crippen LogP contribution is -2.51.